The second-order valence-electron chi connectivity index (χ2n) is 2.77. The number of alkyl halides is 1. The molecule has 5 heteroatoms. The molecular weight excluding hydrogens is 260 g/mol. The summed E-state index contributed by atoms with van der Waals surface area (Å²) in [6.45, 7) is 0. The molecule has 1 aromatic carbocycles. The van der Waals surface area contributed by atoms with E-state index in [0.717, 1.165) is 0 Å². The first-order valence-electron chi connectivity index (χ1n) is 4.11. The third-order valence-corrected chi connectivity index (χ3v) is 2.46. The smallest absolute Gasteiger partial charge is 0.179 e. The number of hydrogen-bond acceptors (Lipinski definition) is 4. The average molecular weight is 269 g/mol. The molecule has 0 aromatic heterocycles. The number of carbonyl (C=O) groups is 1. The van der Waals surface area contributed by atoms with Crippen molar-refractivity contribution in [3.63, 3.8) is 0 Å². The SMILES string of the molecule is COc1ccc(C#N)c(N)c1C(=O)CBr. The second-order valence-corrected chi connectivity index (χ2v) is 3.33. The summed E-state index contributed by atoms with van der Waals surface area (Å²) < 4.78 is 5.02. The van der Waals surface area contributed by atoms with E-state index in [9.17, 15) is 4.79 Å². The average Bonchev–Trinajstić information content (AvgIpc) is 2.27. The maximum atomic E-state index is 11.6. The maximum Gasteiger partial charge on any atom is 0.179 e. The number of methoxy groups -OCH3 is 1. The molecule has 1 rings (SSSR count). The normalized spacial score (nSPS) is 9.40. The Morgan fingerprint density at radius 2 is 2.33 bits per heavy atom. The molecule has 0 aliphatic carbocycles. The number of anilines is 1. The van der Waals surface area contributed by atoms with Gasteiger partial charge >= 0.3 is 0 Å². The fourth-order valence-electron chi connectivity index (χ4n) is 1.22. The number of benzene rings is 1. The first kappa shape index (κ1) is 11.5. The molecule has 1 aromatic rings. The lowest BCUT2D eigenvalue weighted by atomic mass is 10.0. The molecule has 78 valence electrons. The lowest BCUT2D eigenvalue weighted by molar-refractivity contribution is 0.102. The van der Waals surface area contributed by atoms with E-state index in [0.29, 0.717) is 5.75 Å². The molecule has 0 heterocycles. The van der Waals surface area contributed by atoms with Gasteiger partial charge in [0.2, 0.25) is 0 Å². The van der Waals surface area contributed by atoms with Crippen LogP contribution in [0.4, 0.5) is 5.69 Å². The summed E-state index contributed by atoms with van der Waals surface area (Å²) in [5, 5.41) is 8.91. The van der Waals surface area contributed by atoms with Crippen LogP contribution in [0.5, 0.6) is 5.75 Å². The number of halogens is 1. The van der Waals surface area contributed by atoms with Crippen LogP contribution >= 0.6 is 15.9 Å². The van der Waals surface area contributed by atoms with Crippen LogP contribution in [0.15, 0.2) is 12.1 Å². The molecule has 0 bridgehead atoms. The van der Waals surface area contributed by atoms with Crippen molar-refractivity contribution in [2.45, 2.75) is 0 Å². The van der Waals surface area contributed by atoms with Gasteiger partial charge in [-0.05, 0) is 12.1 Å². The zero-order chi connectivity index (χ0) is 11.4. The molecule has 4 nitrogen and oxygen atoms in total. The topological polar surface area (TPSA) is 76.1 Å². The number of nitrogens with zero attached hydrogens (tertiary/aromatic N) is 1. The van der Waals surface area contributed by atoms with Gasteiger partial charge in [-0.15, -0.1) is 0 Å². The highest BCUT2D eigenvalue weighted by atomic mass is 79.9. The van der Waals surface area contributed by atoms with Crippen LogP contribution in [-0.2, 0) is 0 Å². The fraction of sp³-hybridized carbons (Fsp3) is 0.200. The van der Waals surface area contributed by atoms with E-state index in [1.807, 2.05) is 6.07 Å². The number of carbonyl (C=O) groups excluding carboxylic acids is 1. The van der Waals surface area contributed by atoms with Crippen LogP contribution in [0.25, 0.3) is 0 Å². The van der Waals surface area contributed by atoms with Crippen molar-refractivity contribution in [3.8, 4) is 11.8 Å². The second kappa shape index (κ2) is 4.80. The van der Waals surface area contributed by atoms with Crippen LogP contribution in [0.2, 0.25) is 0 Å². The molecule has 0 saturated heterocycles. The maximum absolute atomic E-state index is 11.6. The van der Waals surface area contributed by atoms with Gasteiger partial charge in [0.25, 0.3) is 0 Å². The molecule has 0 spiro atoms. The zero-order valence-electron chi connectivity index (χ0n) is 8.08. The van der Waals surface area contributed by atoms with Crippen LogP contribution in [0, 0.1) is 11.3 Å². The predicted molar refractivity (Wildman–Crippen MR) is 60.2 cm³/mol. The van der Waals surface area contributed by atoms with Gasteiger partial charge in [-0.3, -0.25) is 4.79 Å². The predicted octanol–water partition coefficient (Wildman–Crippen LogP) is 1.73. The van der Waals surface area contributed by atoms with Gasteiger partial charge in [0, 0.05) is 0 Å². The minimum absolute atomic E-state index is 0.141. The Kier molecular flexibility index (Phi) is 3.69. The third kappa shape index (κ3) is 2.10. The quantitative estimate of drug-likeness (QED) is 0.515. The number of hydrogen-bond donors (Lipinski definition) is 1. The summed E-state index contributed by atoms with van der Waals surface area (Å²) in [7, 11) is 1.45. The minimum Gasteiger partial charge on any atom is -0.496 e. The van der Waals surface area contributed by atoms with Crippen LogP contribution in [0.3, 0.4) is 0 Å². The molecule has 0 amide bonds. The van der Waals surface area contributed by atoms with E-state index in [1.165, 1.54) is 13.2 Å². The zero-order valence-corrected chi connectivity index (χ0v) is 9.67. The number of nitrogen functional groups attached to an aromatic ring is 1. The van der Waals surface area contributed by atoms with Crippen molar-refractivity contribution in [1.29, 1.82) is 5.26 Å². The molecule has 0 aliphatic rings. The molecule has 0 aliphatic heterocycles. The van der Waals surface area contributed by atoms with Gasteiger partial charge in [0.15, 0.2) is 5.78 Å². The summed E-state index contributed by atoms with van der Waals surface area (Å²) in [4.78, 5) is 11.6. The summed E-state index contributed by atoms with van der Waals surface area (Å²) in [5.74, 6) is 0.178. The Balaban J connectivity index is 3.44. The standard InChI is InChI=1S/C10H9BrN2O2/c1-15-8-3-2-6(5-12)10(13)9(8)7(14)4-11/h2-3H,4,13H2,1H3. The van der Waals surface area contributed by atoms with Crippen molar-refractivity contribution < 1.29 is 9.53 Å². The van der Waals surface area contributed by atoms with Crippen molar-refractivity contribution >= 4 is 27.4 Å². The summed E-state index contributed by atoms with van der Waals surface area (Å²) >= 11 is 3.05. The Hall–Kier alpha value is -1.54. The monoisotopic (exact) mass is 268 g/mol. The van der Waals surface area contributed by atoms with E-state index in [4.69, 9.17) is 15.7 Å². The number of rotatable bonds is 3. The van der Waals surface area contributed by atoms with Gasteiger partial charge in [0.1, 0.15) is 11.8 Å². The number of Topliss-reactive ketones (excluding diaryl/α,β-unsaturated/α-hetero) is 1. The summed E-state index contributed by atoms with van der Waals surface area (Å²) in [6.07, 6.45) is 0. The van der Waals surface area contributed by atoms with Gasteiger partial charge in [-0.1, -0.05) is 15.9 Å². The lowest BCUT2D eigenvalue weighted by Crippen LogP contribution is -2.08. The molecule has 0 atom stereocenters. The minimum atomic E-state index is -0.207. The third-order valence-electron chi connectivity index (χ3n) is 1.95. The summed E-state index contributed by atoms with van der Waals surface area (Å²) in [5.41, 5.74) is 6.41. The van der Waals surface area contributed by atoms with Crippen molar-refractivity contribution in [2.75, 3.05) is 18.2 Å². The van der Waals surface area contributed by atoms with Crippen LogP contribution < -0.4 is 10.5 Å². The molecule has 2 N–H and O–H groups in total. The Morgan fingerprint density at radius 3 is 2.80 bits per heavy atom. The number of nitriles is 1. The van der Waals surface area contributed by atoms with E-state index in [2.05, 4.69) is 15.9 Å². The fourth-order valence-corrected chi connectivity index (χ4v) is 1.50. The largest absolute Gasteiger partial charge is 0.496 e. The molecule has 0 saturated carbocycles. The highest BCUT2D eigenvalue weighted by molar-refractivity contribution is 9.09. The van der Waals surface area contributed by atoms with E-state index < -0.39 is 0 Å². The van der Waals surface area contributed by atoms with Crippen LogP contribution in [-0.4, -0.2) is 18.2 Å². The van der Waals surface area contributed by atoms with Crippen molar-refractivity contribution in [3.05, 3.63) is 23.3 Å². The first-order chi connectivity index (χ1) is 7.15. The highest BCUT2D eigenvalue weighted by Crippen LogP contribution is 2.28. The van der Waals surface area contributed by atoms with Crippen LogP contribution in [0.1, 0.15) is 15.9 Å². The van der Waals surface area contributed by atoms with Gasteiger partial charge in [-0.25, -0.2) is 0 Å². The van der Waals surface area contributed by atoms with Crippen molar-refractivity contribution in [1.82, 2.24) is 0 Å². The van der Waals surface area contributed by atoms with E-state index >= 15 is 0 Å². The van der Waals surface area contributed by atoms with Gasteiger partial charge in [0.05, 0.1) is 29.3 Å². The van der Waals surface area contributed by atoms with E-state index in [1.54, 1.807) is 6.07 Å². The Labute approximate surface area is 95.8 Å². The number of ether oxygens (including phenoxy) is 1. The molecule has 0 radical (unpaired) electrons. The van der Waals surface area contributed by atoms with Gasteiger partial charge < -0.3 is 10.5 Å². The van der Waals surface area contributed by atoms with E-state index in [-0.39, 0.29) is 27.9 Å². The molecule has 15 heavy (non-hydrogen) atoms. The number of ketones is 1. The number of nitrogens with two attached hydrogens (primary N) is 1. The lowest BCUT2D eigenvalue weighted by Gasteiger charge is -2.10. The Bertz CT molecular complexity index is 438. The highest BCUT2D eigenvalue weighted by Gasteiger charge is 2.17. The molecular formula is C10H9BrN2O2. The van der Waals surface area contributed by atoms with Crippen molar-refractivity contribution in [2.24, 2.45) is 0 Å². The van der Waals surface area contributed by atoms with Gasteiger partial charge in [-0.2, -0.15) is 5.26 Å². The first-order valence-corrected chi connectivity index (χ1v) is 5.23. The molecule has 0 unspecified atom stereocenters. The summed E-state index contributed by atoms with van der Waals surface area (Å²) in [6, 6.07) is 5.01. The molecule has 0 fully saturated rings. The Morgan fingerprint density at radius 1 is 1.67 bits per heavy atom.